The summed E-state index contributed by atoms with van der Waals surface area (Å²) in [6.45, 7) is 7.16. The maximum Gasteiger partial charge on any atom is 0.413 e. The van der Waals surface area contributed by atoms with Crippen LogP contribution in [0.2, 0.25) is 0 Å². The van der Waals surface area contributed by atoms with Crippen LogP contribution in [0.1, 0.15) is 33.3 Å². The maximum atomic E-state index is 12.0. The molecule has 1 aromatic rings. The average Bonchev–Trinajstić information content (AvgIpc) is 2.46. The van der Waals surface area contributed by atoms with Crippen LogP contribution in [-0.2, 0) is 10.5 Å². The average molecular weight is 249 g/mol. The Morgan fingerprint density at radius 2 is 1.78 bits per heavy atom. The number of hydrogen-bond donors (Lipinski definition) is 1. The fourth-order valence-electron chi connectivity index (χ4n) is 2.50. The summed E-state index contributed by atoms with van der Waals surface area (Å²) >= 11 is 0. The molecule has 1 aromatic carbocycles. The van der Waals surface area contributed by atoms with Crippen LogP contribution in [0, 0.1) is 0 Å². The number of carbonyl (C=O) groups is 1. The van der Waals surface area contributed by atoms with Gasteiger partial charge in [0.25, 0.3) is 0 Å². The van der Waals surface area contributed by atoms with Gasteiger partial charge in [-0.25, -0.2) is 4.79 Å². The monoisotopic (exact) mass is 249 g/mol. The lowest BCUT2D eigenvalue weighted by atomic mass is 9.86. The van der Waals surface area contributed by atoms with Crippen molar-refractivity contribution in [1.29, 1.82) is 0 Å². The highest BCUT2D eigenvalue weighted by Crippen LogP contribution is 2.45. The van der Waals surface area contributed by atoms with E-state index < -0.39 is 17.4 Å². The summed E-state index contributed by atoms with van der Waals surface area (Å²) in [7, 11) is 0. The Kier molecular flexibility index (Phi) is 2.86. The van der Waals surface area contributed by atoms with Crippen molar-refractivity contribution in [2.24, 2.45) is 0 Å². The van der Waals surface area contributed by atoms with Gasteiger partial charge in [-0.2, -0.15) is 0 Å². The first-order valence-electron chi connectivity index (χ1n) is 6.11. The Morgan fingerprint density at radius 1 is 1.22 bits per heavy atom. The molecule has 0 radical (unpaired) electrons. The van der Waals surface area contributed by atoms with Gasteiger partial charge in [0.05, 0.1) is 0 Å². The number of benzene rings is 1. The second kappa shape index (κ2) is 3.99. The quantitative estimate of drug-likeness (QED) is 0.876. The molecule has 0 bridgehead atoms. The molecule has 1 fully saturated rings. The second-order valence-corrected chi connectivity index (χ2v) is 5.38. The number of aliphatic hydroxyl groups is 1. The standard InChI is InChI=1S/C14H19NO3/c1-10(2)15-12(16)18-13(3,4)14(15,17)11-8-6-5-7-9-11/h5-10,17H,1-4H3. The summed E-state index contributed by atoms with van der Waals surface area (Å²) in [5.74, 6) is 0. The molecule has 4 heteroatoms. The zero-order chi connectivity index (χ0) is 13.6. The lowest BCUT2D eigenvalue weighted by Crippen LogP contribution is -2.55. The summed E-state index contributed by atoms with van der Waals surface area (Å²) in [6, 6.07) is 9.01. The van der Waals surface area contributed by atoms with Gasteiger partial charge in [-0.3, -0.25) is 4.90 Å². The molecule has 1 atom stereocenters. The van der Waals surface area contributed by atoms with E-state index in [4.69, 9.17) is 4.74 Å². The molecule has 1 saturated heterocycles. The van der Waals surface area contributed by atoms with Crippen LogP contribution in [0.25, 0.3) is 0 Å². The summed E-state index contributed by atoms with van der Waals surface area (Å²) in [4.78, 5) is 13.4. The van der Waals surface area contributed by atoms with Crippen LogP contribution < -0.4 is 0 Å². The molecule has 4 nitrogen and oxygen atoms in total. The van der Waals surface area contributed by atoms with E-state index >= 15 is 0 Å². The van der Waals surface area contributed by atoms with Crippen LogP contribution in [0.3, 0.4) is 0 Å². The van der Waals surface area contributed by atoms with Crippen molar-refractivity contribution in [3.8, 4) is 0 Å². The Labute approximate surface area is 107 Å². The lowest BCUT2D eigenvalue weighted by molar-refractivity contribution is -0.156. The molecule has 98 valence electrons. The second-order valence-electron chi connectivity index (χ2n) is 5.38. The van der Waals surface area contributed by atoms with Crippen LogP contribution in [0.5, 0.6) is 0 Å². The van der Waals surface area contributed by atoms with Crippen molar-refractivity contribution in [3.05, 3.63) is 35.9 Å². The first-order chi connectivity index (χ1) is 8.30. The van der Waals surface area contributed by atoms with Crippen molar-refractivity contribution in [2.75, 3.05) is 0 Å². The molecule has 1 amide bonds. The number of carbonyl (C=O) groups excluding carboxylic acids is 1. The third-order valence-corrected chi connectivity index (χ3v) is 3.42. The predicted molar refractivity (Wildman–Crippen MR) is 67.9 cm³/mol. The number of ether oxygens (including phenoxy) is 1. The molecule has 18 heavy (non-hydrogen) atoms. The Hall–Kier alpha value is -1.55. The smallest absolute Gasteiger partial charge is 0.413 e. The number of hydrogen-bond acceptors (Lipinski definition) is 3. The molecule has 0 aromatic heterocycles. The molecule has 0 saturated carbocycles. The van der Waals surface area contributed by atoms with E-state index in [1.54, 1.807) is 26.0 Å². The summed E-state index contributed by atoms with van der Waals surface area (Å²) in [5, 5.41) is 11.1. The van der Waals surface area contributed by atoms with E-state index in [1.807, 2.05) is 32.0 Å². The van der Waals surface area contributed by atoms with Gasteiger partial charge < -0.3 is 9.84 Å². The third kappa shape index (κ3) is 1.60. The summed E-state index contributed by atoms with van der Waals surface area (Å²) in [5.41, 5.74) is -1.77. The lowest BCUT2D eigenvalue weighted by Gasteiger charge is -2.40. The highest BCUT2D eigenvalue weighted by molar-refractivity contribution is 5.73. The fourth-order valence-corrected chi connectivity index (χ4v) is 2.50. The highest BCUT2D eigenvalue weighted by atomic mass is 16.6. The van der Waals surface area contributed by atoms with Gasteiger partial charge in [0.1, 0.15) is 0 Å². The van der Waals surface area contributed by atoms with Crippen LogP contribution in [0.4, 0.5) is 4.79 Å². The van der Waals surface area contributed by atoms with Gasteiger partial charge in [-0.1, -0.05) is 30.3 Å². The van der Waals surface area contributed by atoms with Crippen LogP contribution in [0.15, 0.2) is 30.3 Å². The minimum atomic E-state index is -1.44. The van der Waals surface area contributed by atoms with Crippen LogP contribution in [-0.4, -0.2) is 27.7 Å². The van der Waals surface area contributed by atoms with E-state index in [-0.39, 0.29) is 6.04 Å². The molecule has 2 rings (SSSR count). The Morgan fingerprint density at radius 3 is 2.28 bits per heavy atom. The van der Waals surface area contributed by atoms with E-state index in [0.717, 1.165) is 0 Å². The molecule has 1 aliphatic rings. The van der Waals surface area contributed by atoms with Gasteiger partial charge in [-0.05, 0) is 27.7 Å². The normalized spacial score (nSPS) is 26.6. The molecule has 1 heterocycles. The van der Waals surface area contributed by atoms with E-state index in [2.05, 4.69) is 0 Å². The van der Waals surface area contributed by atoms with Crippen molar-refractivity contribution in [3.63, 3.8) is 0 Å². The zero-order valence-electron chi connectivity index (χ0n) is 11.2. The first-order valence-corrected chi connectivity index (χ1v) is 6.11. The maximum absolute atomic E-state index is 12.0. The van der Waals surface area contributed by atoms with Crippen LogP contribution >= 0.6 is 0 Å². The van der Waals surface area contributed by atoms with E-state index in [9.17, 15) is 9.90 Å². The molecule has 1 aliphatic heterocycles. The Balaban J connectivity index is 2.59. The van der Waals surface area contributed by atoms with Gasteiger partial charge in [-0.15, -0.1) is 0 Å². The zero-order valence-corrected chi connectivity index (χ0v) is 11.2. The van der Waals surface area contributed by atoms with Gasteiger partial charge in [0, 0.05) is 11.6 Å². The number of cyclic esters (lactones) is 1. The fraction of sp³-hybridized carbons (Fsp3) is 0.500. The minimum Gasteiger partial charge on any atom is -0.438 e. The van der Waals surface area contributed by atoms with E-state index in [1.165, 1.54) is 4.90 Å². The molecule has 1 unspecified atom stereocenters. The predicted octanol–water partition coefficient (Wildman–Crippen LogP) is 2.47. The molecule has 0 spiro atoms. The van der Waals surface area contributed by atoms with Gasteiger partial charge >= 0.3 is 6.09 Å². The first kappa shape index (κ1) is 12.9. The van der Waals surface area contributed by atoms with Gasteiger partial charge in [0.15, 0.2) is 5.60 Å². The minimum absolute atomic E-state index is 0.149. The third-order valence-electron chi connectivity index (χ3n) is 3.42. The summed E-state index contributed by atoms with van der Waals surface area (Å²) in [6.07, 6.45) is -0.485. The van der Waals surface area contributed by atoms with Crippen molar-refractivity contribution < 1.29 is 14.6 Å². The van der Waals surface area contributed by atoms with Crippen molar-refractivity contribution >= 4 is 6.09 Å². The van der Waals surface area contributed by atoms with Crippen molar-refractivity contribution in [2.45, 2.75) is 45.1 Å². The van der Waals surface area contributed by atoms with E-state index in [0.29, 0.717) is 5.56 Å². The molecular weight excluding hydrogens is 230 g/mol. The highest BCUT2D eigenvalue weighted by Gasteiger charge is 2.61. The number of amides is 1. The number of nitrogens with zero attached hydrogens (tertiary/aromatic N) is 1. The molecule has 1 N–H and O–H groups in total. The largest absolute Gasteiger partial charge is 0.438 e. The van der Waals surface area contributed by atoms with Crippen molar-refractivity contribution in [1.82, 2.24) is 4.90 Å². The Bertz CT molecular complexity index is 455. The van der Waals surface area contributed by atoms with Gasteiger partial charge in [0.2, 0.25) is 5.72 Å². The summed E-state index contributed by atoms with van der Waals surface area (Å²) < 4.78 is 5.33. The topological polar surface area (TPSA) is 49.8 Å². The molecular formula is C14H19NO3. The SMILES string of the molecule is CC(C)N1C(=O)OC(C)(C)C1(O)c1ccccc1. The molecule has 0 aliphatic carbocycles. The number of rotatable bonds is 2.